The molecule has 19 rings (SSSR count). The number of nitrogens with one attached hydrogen (secondary N) is 3. The van der Waals surface area contributed by atoms with Crippen LogP contribution in [-0.4, -0.2) is 350 Å². The summed E-state index contributed by atoms with van der Waals surface area (Å²) in [6.07, 6.45) is 16.1. The van der Waals surface area contributed by atoms with E-state index in [-0.39, 0.29) is 150 Å². The molecule has 7 aromatic rings. The van der Waals surface area contributed by atoms with Gasteiger partial charge in [0.25, 0.3) is 0 Å². The molecular formula is C98H160Cl3N25O20S4. The summed E-state index contributed by atoms with van der Waals surface area (Å²) in [6.45, 7) is 27.4. The largest absolute Gasteiger partial charge is 0.469 e. The molecule has 12 fully saturated rings. The number of aryl methyl sites for hydroxylation is 3. The number of carbonyl (C=O) groups is 2. The highest BCUT2D eigenvalue weighted by Crippen LogP contribution is 2.45. The maximum Gasteiger partial charge on any atom is 0.435 e. The normalized spacial score (nSPS) is 24.0. The van der Waals surface area contributed by atoms with Gasteiger partial charge in [0, 0.05) is 160 Å². The molecule has 842 valence electrons. The summed E-state index contributed by atoms with van der Waals surface area (Å²) in [5.74, 6) is 6.35. The fourth-order valence-corrected chi connectivity index (χ4v) is 27.4. The minimum absolute atomic E-state index is 0. The number of hydrogen-bond donors (Lipinski definition) is 5. The number of hydrogen-bond acceptors (Lipinski definition) is 38. The number of aliphatic hydroxyl groups excluding tert-OH is 1. The monoisotopic (exact) mass is 2240 g/mol. The zero-order valence-corrected chi connectivity index (χ0v) is 91.9. The first-order valence-electron chi connectivity index (χ1n) is 50.4. The minimum Gasteiger partial charge on any atom is -0.469 e. The number of aromatic nitrogens is 14. The van der Waals surface area contributed by atoms with E-state index < -0.39 is 63.5 Å². The standard InChI is InChI=1S/C27H41N7O6S.C22H33N7O4S.C18H27ClN4O4S.C15H22Cl2N4O2S.C9H15N3O2.C3H6O2.4CH4/c1-7-41(36,37)34-18-9-8-10-19(34)13-20(12-18)32(6)25-29-22(14-24(30-25)39-21-15-38-16-21)28-23-11-17(2)33(31-23)26(35)40-27(3,4)5;1-4-34(30,31)29-15-6-5-7-16(29)10-17(9-15)28(3)22-24-19(23-20-8-14(2)26-27-20)11-21(25-22)33-18-12-32-13-18;1-3-28(24,25)23-12-5-4-6-13(23)8-14(7-12)22(2)18-20-16(19)9-17(21-18)27-15-10-26-11-15;1-3-24(22,23)21-10-5-4-6-11(21)8-12(7-10)20(2)15-18-13(16)9-14(17)19-15;1-6-5-7(10)11-12(6)8(13)14-9(2,3)4;4-3-1-5-2-3;;;;/h11,14,18-21H,7-10,12-13,15-16H2,1-6H3,(H,28,29,30,31);8,11,15-18H,4-7,9-10,12-13H2,1-3H3,(H2,23,24,25,26,27);9,12-15H,3-8,10-11H2,1-2H3;9-12H,3-8H2,1-2H3;5H,1-4H3,(H2,10,11);3-4H,1-2H2;4*1H4/t18-,19+,20?;15-,16+,17?;12-,13+,14?;10-,11+,12?;;;;;;. The third kappa shape index (κ3) is 31.6. The van der Waals surface area contributed by atoms with E-state index in [0.717, 1.165) is 126 Å². The highest BCUT2D eigenvalue weighted by Gasteiger charge is 2.51. The number of piperidine rings is 8. The molecule has 6 N–H and O–H groups in total. The van der Waals surface area contributed by atoms with E-state index in [1.165, 1.54) is 10.7 Å². The van der Waals surface area contributed by atoms with Gasteiger partial charge in [-0.1, -0.05) is 90.2 Å². The van der Waals surface area contributed by atoms with Gasteiger partial charge >= 0.3 is 12.2 Å². The van der Waals surface area contributed by atoms with Crippen molar-refractivity contribution in [2.24, 2.45) is 0 Å². The molecule has 12 saturated heterocycles. The second-order valence-corrected chi connectivity index (χ2v) is 50.9. The average molecular weight is 2240 g/mol. The first-order valence-corrected chi connectivity index (χ1v) is 58.0. The summed E-state index contributed by atoms with van der Waals surface area (Å²) in [6, 6.07) is 12.6. The van der Waals surface area contributed by atoms with Crippen LogP contribution < -0.4 is 50.2 Å². The predicted octanol–water partition coefficient (Wildman–Crippen LogP) is 14.2. The summed E-state index contributed by atoms with van der Waals surface area (Å²) >= 11 is 18.2. The molecule has 7 aromatic heterocycles. The third-order valence-corrected chi connectivity index (χ3v) is 36.3. The lowest BCUT2D eigenvalue weighted by Gasteiger charge is -2.49. The quantitative estimate of drug-likeness (QED) is 0.0314. The fraction of sp³-hybridized carbons (Fsp3) is 0.724. The number of fused-ring (bicyclic) bond motifs is 8. The molecule has 8 bridgehead atoms. The molecule has 0 aliphatic carbocycles. The Labute approximate surface area is 900 Å². The number of sulfonamides is 4. The molecule has 150 heavy (non-hydrogen) atoms. The van der Waals surface area contributed by atoms with Gasteiger partial charge in [-0.15, -0.1) is 10.2 Å². The summed E-state index contributed by atoms with van der Waals surface area (Å²) in [5.41, 5.74) is 6.48. The number of aliphatic hydroxyl groups is 1. The predicted molar refractivity (Wildman–Crippen MR) is 581 cm³/mol. The number of rotatable bonds is 26. The zero-order chi connectivity index (χ0) is 105. The van der Waals surface area contributed by atoms with E-state index in [1.54, 1.807) is 131 Å². The smallest absolute Gasteiger partial charge is 0.435 e. The number of aromatic amines is 1. The molecule has 0 amide bonds. The van der Waals surface area contributed by atoms with Gasteiger partial charge in [-0.25, -0.2) is 58.2 Å². The Hall–Kier alpha value is -8.80. The van der Waals surface area contributed by atoms with Crippen molar-refractivity contribution >= 4 is 140 Å². The molecular weight excluding hydrogens is 2080 g/mol. The molecule has 0 saturated carbocycles. The van der Waals surface area contributed by atoms with Gasteiger partial charge in [0.05, 0.1) is 75.9 Å². The number of halogens is 3. The molecule has 52 heteroatoms. The van der Waals surface area contributed by atoms with Crippen LogP contribution in [0.25, 0.3) is 0 Å². The molecule has 0 radical (unpaired) electrons. The van der Waals surface area contributed by atoms with Gasteiger partial charge in [-0.3, -0.25) is 5.10 Å². The second-order valence-electron chi connectivity index (χ2n) is 41.1. The molecule has 19 heterocycles. The molecule has 12 aliphatic rings. The van der Waals surface area contributed by atoms with Crippen molar-refractivity contribution in [3.05, 3.63) is 75.0 Å². The van der Waals surface area contributed by atoms with Crippen LogP contribution in [0.2, 0.25) is 15.5 Å². The van der Waals surface area contributed by atoms with Gasteiger partial charge in [0.2, 0.25) is 81.5 Å². The van der Waals surface area contributed by atoms with Gasteiger partial charge in [0.15, 0.2) is 11.6 Å². The lowest BCUT2D eigenvalue weighted by Crippen LogP contribution is -2.58. The topological polar surface area (TPSA) is 517 Å². The number of anilines is 9. The maximum atomic E-state index is 12.9. The van der Waals surface area contributed by atoms with Crippen molar-refractivity contribution in [2.45, 2.75) is 356 Å². The van der Waals surface area contributed by atoms with E-state index in [2.05, 4.69) is 60.6 Å². The summed E-state index contributed by atoms with van der Waals surface area (Å²) in [5, 5.41) is 31.0. The van der Waals surface area contributed by atoms with Crippen molar-refractivity contribution in [2.75, 3.05) is 140 Å². The molecule has 0 aromatic carbocycles. The van der Waals surface area contributed by atoms with Crippen LogP contribution in [0.15, 0.2) is 42.5 Å². The highest BCUT2D eigenvalue weighted by molar-refractivity contribution is 7.89. The molecule has 45 nitrogen and oxygen atoms in total. The van der Waals surface area contributed by atoms with Crippen LogP contribution in [0.1, 0.15) is 244 Å². The first-order chi connectivity index (χ1) is 69.0. The highest BCUT2D eigenvalue weighted by atomic mass is 35.5. The van der Waals surface area contributed by atoms with Gasteiger partial charge in [-0.05, 0) is 193 Å². The van der Waals surface area contributed by atoms with Gasteiger partial charge < -0.3 is 83.7 Å². The Morgan fingerprint density at radius 1 is 0.407 bits per heavy atom. The molecule has 12 atom stereocenters. The number of nitrogens with zero attached hydrogens (tertiary/aromatic N) is 21. The maximum absolute atomic E-state index is 12.9. The Morgan fingerprint density at radius 3 is 0.940 bits per heavy atom. The lowest BCUT2D eigenvalue weighted by molar-refractivity contribution is -0.0936. The number of nitrogen functional groups attached to an aromatic ring is 1. The van der Waals surface area contributed by atoms with E-state index in [4.69, 9.17) is 103 Å². The van der Waals surface area contributed by atoms with Crippen LogP contribution in [-0.2, 0) is 68.5 Å². The van der Waals surface area contributed by atoms with Crippen molar-refractivity contribution in [3.8, 4) is 17.6 Å². The average Bonchev–Trinajstić information content (AvgIpc) is 1.09. The minimum atomic E-state index is -3.27. The van der Waals surface area contributed by atoms with Crippen molar-refractivity contribution in [3.63, 3.8) is 0 Å². The summed E-state index contributed by atoms with van der Waals surface area (Å²) in [4.78, 5) is 68.6. The molecule has 0 spiro atoms. The Bertz CT molecular complexity index is 6020. The van der Waals surface area contributed by atoms with Crippen molar-refractivity contribution in [1.82, 2.24) is 86.9 Å². The summed E-state index contributed by atoms with van der Waals surface area (Å²) < 4.78 is 159. The van der Waals surface area contributed by atoms with E-state index >= 15 is 0 Å². The SMILES string of the molecule is C.C.C.C.CCS(=O)(=O)N1[C@@H]2CCC[C@H]1CC(N(C)c1nc(Cl)cc(Cl)n1)C2.CCS(=O)(=O)N1[C@@H]2CCC[C@H]1CC(N(C)c1nc(Cl)cc(OC3COC3)n1)C2.CCS(=O)(=O)N1[C@@H]2CCC[C@H]1CC(N(C)c1nc(Nc3cc(C)[nH]n3)cc(OC3COC3)n1)C2.CCS(=O)(=O)N1[C@@H]2CCC[C@H]1CC(N(C)c1nc(Nc3cc(C)n(C(=O)OC(C)(C)C)n3)cc(OC3COC3)n1)C2.Cc1cc(N)nn1C(=O)OC(C)(C)C.OC1COC1. The number of nitrogens with two attached hydrogens (primary N) is 1. The number of carbonyl (C=O) groups excluding carboxylic acids is 2. The lowest BCUT2D eigenvalue weighted by atomic mass is 9.83. The fourth-order valence-electron chi connectivity index (χ4n) is 20.4. The van der Waals surface area contributed by atoms with Crippen LogP contribution in [0, 0.1) is 20.8 Å². The van der Waals surface area contributed by atoms with Gasteiger partial charge in [0.1, 0.15) is 68.5 Å². The Morgan fingerprint density at radius 2 is 0.680 bits per heavy atom. The molecule has 4 unspecified atom stereocenters. The van der Waals surface area contributed by atoms with Crippen LogP contribution in [0.4, 0.5) is 62.5 Å². The first kappa shape index (κ1) is 123. The summed E-state index contributed by atoms with van der Waals surface area (Å²) in [7, 11) is -5.04. The second kappa shape index (κ2) is 52.6. The molecule has 12 aliphatic heterocycles. The van der Waals surface area contributed by atoms with E-state index in [9.17, 15) is 43.3 Å². The van der Waals surface area contributed by atoms with Crippen LogP contribution >= 0.6 is 34.8 Å². The third-order valence-electron chi connectivity index (χ3n) is 27.9. The van der Waals surface area contributed by atoms with E-state index in [1.807, 2.05) is 55.9 Å². The van der Waals surface area contributed by atoms with Crippen molar-refractivity contribution < 1.29 is 91.0 Å². The van der Waals surface area contributed by atoms with Crippen LogP contribution in [0.5, 0.6) is 17.6 Å². The zero-order valence-electron chi connectivity index (χ0n) is 86.3. The van der Waals surface area contributed by atoms with Crippen molar-refractivity contribution in [1.29, 1.82) is 0 Å². The number of H-pyrrole nitrogens is 1. The van der Waals surface area contributed by atoms with Gasteiger partial charge in [-0.2, -0.15) is 56.6 Å². The Kier molecular flexibility index (Phi) is 43.2. The number of ether oxygens (including phenoxy) is 9. The Balaban J connectivity index is 0.000000193. The van der Waals surface area contributed by atoms with E-state index in [0.29, 0.717) is 163 Å². The van der Waals surface area contributed by atoms with Crippen LogP contribution in [0.3, 0.4) is 0 Å².